The summed E-state index contributed by atoms with van der Waals surface area (Å²) in [5.74, 6) is 0. The zero-order chi connectivity index (χ0) is 9.68. The first kappa shape index (κ1) is 10.2. The van der Waals surface area contributed by atoms with Gasteiger partial charge in [0.2, 0.25) is 6.67 Å². The molecule has 0 radical (unpaired) electrons. The molecule has 72 valence electrons. The van der Waals surface area contributed by atoms with Crippen molar-refractivity contribution >= 4 is 0 Å². The van der Waals surface area contributed by atoms with Crippen molar-refractivity contribution in [1.29, 1.82) is 0 Å². The number of rotatable bonds is 4. The van der Waals surface area contributed by atoms with Crippen molar-refractivity contribution in [2.75, 3.05) is 13.1 Å². The lowest BCUT2D eigenvalue weighted by Gasteiger charge is -2.13. The molecule has 2 nitrogen and oxygen atoms in total. The van der Waals surface area contributed by atoms with Crippen LogP contribution in [0.25, 0.3) is 0 Å². The van der Waals surface area contributed by atoms with Gasteiger partial charge in [0.05, 0.1) is 0 Å². The van der Waals surface area contributed by atoms with E-state index in [9.17, 15) is 0 Å². The molecule has 0 atom stereocenters. The summed E-state index contributed by atoms with van der Waals surface area (Å²) in [5, 5.41) is 0. The molecule has 0 aliphatic rings. The molecule has 0 saturated carbocycles. The minimum absolute atomic E-state index is 0.993. The molecule has 2 heteroatoms. The molecule has 0 aromatic carbocycles. The Labute approximate surface area is 80.8 Å². The van der Waals surface area contributed by atoms with Crippen LogP contribution in [0.15, 0.2) is 24.5 Å². The average molecular weight is 179 g/mol. The average Bonchev–Trinajstić information content (AvgIpc) is 2.17. The van der Waals surface area contributed by atoms with E-state index < -0.39 is 0 Å². The Kier molecular flexibility index (Phi) is 3.90. The molecule has 0 saturated heterocycles. The Morgan fingerprint density at radius 2 is 1.69 bits per heavy atom. The predicted molar refractivity (Wildman–Crippen MR) is 54.3 cm³/mol. The van der Waals surface area contributed by atoms with Crippen molar-refractivity contribution in [3.63, 3.8) is 0 Å². The largest absolute Gasteiger partial charge is 0.248 e. The van der Waals surface area contributed by atoms with Gasteiger partial charge in [0, 0.05) is 25.2 Å². The van der Waals surface area contributed by atoms with E-state index in [1.165, 1.54) is 5.56 Å². The molecule has 0 unspecified atom stereocenters. The quantitative estimate of drug-likeness (QED) is 0.637. The maximum atomic E-state index is 2.38. The van der Waals surface area contributed by atoms with Gasteiger partial charge >= 0.3 is 0 Å². The first-order valence-electron chi connectivity index (χ1n) is 4.94. The van der Waals surface area contributed by atoms with Crippen LogP contribution in [0.2, 0.25) is 0 Å². The Hall–Kier alpha value is -0.890. The minimum atomic E-state index is 0.993. The summed E-state index contributed by atoms with van der Waals surface area (Å²) in [6.45, 7) is 9.71. The molecule has 13 heavy (non-hydrogen) atoms. The van der Waals surface area contributed by atoms with Crippen LogP contribution in [0.3, 0.4) is 0 Å². The lowest BCUT2D eigenvalue weighted by Crippen LogP contribution is -2.43. The van der Waals surface area contributed by atoms with E-state index in [0.29, 0.717) is 0 Å². The summed E-state index contributed by atoms with van der Waals surface area (Å²) in [7, 11) is 0. The van der Waals surface area contributed by atoms with Crippen molar-refractivity contribution in [1.82, 2.24) is 4.90 Å². The molecule has 1 rings (SSSR count). The first-order chi connectivity index (χ1) is 6.26. The number of hydrogen-bond acceptors (Lipinski definition) is 1. The normalized spacial score (nSPS) is 10.8. The second-order valence-corrected chi connectivity index (χ2v) is 3.33. The van der Waals surface area contributed by atoms with Gasteiger partial charge in [-0.25, -0.2) is 4.90 Å². The number of aromatic nitrogens is 1. The molecular formula is C11H19N2+. The number of hydrogen-bond donors (Lipinski definition) is 0. The molecule has 0 bridgehead atoms. The van der Waals surface area contributed by atoms with Gasteiger partial charge in [-0.1, -0.05) is 13.8 Å². The standard InChI is InChI=1S/C11H19N2/c1-4-12(5-2)10-13-8-6-11(3)7-9-13/h6-9H,4-5,10H2,1-3H3/q+1. The van der Waals surface area contributed by atoms with Gasteiger partial charge < -0.3 is 0 Å². The summed E-state index contributed by atoms with van der Waals surface area (Å²) in [6.07, 6.45) is 4.27. The summed E-state index contributed by atoms with van der Waals surface area (Å²) in [6, 6.07) is 4.28. The number of nitrogens with zero attached hydrogens (tertiary/aromatic N) is 2. The van der Waals surface area contributed by atoms with Crippen LogP contribution in [0.4, 0.5) is 0 Å². The van der Waals surface area contributed by atoms with E-state index in [2.05, 4.69) is 54.8 Å². The summed E-state index contributed by atoms with van der Waals surface area (Å²) in [5.41, 5.74) is 1.32. The number of pyridine rings is 1. The monoisotopic (exact) mass is 179 g/mol. The third-order valence-electron chi connectivity index (χ3n) is 2.32. The second kappa shape index (κ2) is 4.97. The SMILES string of the molecule is CCN(CC)C[n+]1ccc(C)cc1. The Bertz CT molecular complexity index is 237. The molecule has 0 N–H and O–H groups in total. The summed E-state index contributed by atoms with van der Waals surface area (Å²) < 4.78 is 2.21. The van der Waals surface area contributed by atoms with Gasteiger partial charge in [-0.2, -0.15) is 4.57 Å². The maximum absolute atomic E-state index is 2.38. The zero-order valence-corrected chi connectivity index (χ0v) is 8.83. The van der Waals surface area contributed by atoms with Gasteiger partial charge in [-0.15, -0.1) is 0 Å². The van der Waals surface area contributed by atoms with Crippen LogP contribution < -0.4 is 4.57 Å². The minimum Gasteiger partial charge on any atom is -0.248 e. The highest BCUT2D eigenvalue weighted by molar-refractivity contribution is 5.03. The van der Waals surface area contributed by atoms with Crippen LogP contribution in [0, 0.1) is 6.92 Å². The molecule has 0 fully saturated rings. The predicted octanol–water partition coefficient (Wildman–Crippen LogP) is 1.58. The first-order valence-corrected chi connectivity index (χ1v) is 4.94. The Morgan fingerprint density at radius 3 is 2.15 bits per heavy atom. The van der Waals surface area contributed by atoms with Crippen LogP contribution in [-0.2, 0) is 6.67 Å². The molecule has 0 aliphatic heterocycles. The van der Waals surface area contributed by atoms with Crippen molar-refractivity contribution in [3.05, 3.63) is 30.1 Å². The highest BCUT2D eigenvalue weighted by Gasteiger charge is 2.04. The van der Waals surface area contributed by atoms with Crippen LogP contribution in [0.1, 0.15) is 19.4 Å². The molecule has 1 aromatic heterocycles. The highest BCUT2D eigenvalue weighted by Crippen LogP contribution is 1.91. The fourth-order valence-electron chi connectivity index (χ4n) is 1.28. The lowest BCUT2D eigenvalue weighted by atomic mass is 10.3. The van der Waals surface area contributed by atoms with Gasteiger partial charge in [0.25, 0.3) is 0 Å². The van der Waals surface area contributed by atoms with Crippen molar-refractivity contribution < 1.29 is 4.57 Å². The summed E-state index contributed by atoms with van der Waals surface area (Å²) >= 11 is 0. The third-order valence-corrected chi connectivity index (χ3v) is 2.32. The zero-order valence-electron chi connectivity index (χ0n) is 8.83. The van der Waals surface area contributed by atoms with Gasteiger partial charge in [0.15, 0.2) is 12.4 Å². The van der Waals surface area contributed by atoms with E-state index >= 15 is 0 Å². The summed E-state index contributed by atoms with van der Waals surface area (Å²) in [4.78, 5) is 2.38. The highest BCUT2D eigenvalue weighted by atomic mass is 15.2. The fraction of sp³-hybridized carbons (Fsp3) is 0.545. The van der Waals surface area contributed by atoms with Gasteiger partial charge in [-0.3, -0.25) is 0 Å². The topological polar surface area (TPSA) is 7.12 Å². The van der Waals surface area contributed by atoms with Crippen molar-refractivity contribution in [3.8, 4) is 0 Å². The van der Waals surface area contributed by atoms with Gasteiger partial charge in [-0.05, 0) is 12.5 Å². The second-order valence-electron chi connectivity index (χ2n) is 3.33. The smallest absolute Gasteiger partial charge is 0.204 e. The lowest BCUT2D eigenvalue weighted by molar-refractivity contribution is -0.715. The molecule has 1 heterocycles. The molecule has 0 aliphatic carbocycles. The molecule has 0 amide bonds. The van der Waals surface area contributed by atoms with Crippen LogP contribution in [-0.4, -0.2) is 18.0 Å². The van der Waals surface area contributed by atoms with E-state index in [4.69, 9.17) is 0 Å². The van der Waals surface area contributed by atoms with Gasteiger partial charge in [0.1, 0.15) is 0 Å². The maximum Gasteiger partial charge on any atom is 0.204 e. The van der Waals surface area contributed by atoms with Crippen molar-refractivity contribution in [2.24, 2.45) is 0 Å². The van der Waals surface area contributed by atoms with E-state index in [1.807, 2.05) is 0 Å². The van der Waals surface area contributed by atoms with E-state index in [-0.39, 0.29) is 0 Å². The van der Waals surface area contributed by atoms with Crippen molar-refractivity contribution in [2.45, 2.75) is 27.4 Å². The van der Waals surface area contributed by atoms with Crippen LogP contribution in [0.5, 0.6) is 0 Å². The molecular weight excluding hydrogens is 160 g/mol. The van der Waals surface area contributed by atoms with Crippen LogP contribution >= 0.6 is 0 Å². The molecule has 1 aromatic rings. The third kappa shape index (κ3) is 3.15. The van der Waals surface area contributed by atoms with E-state index in [1.54, 1.807) is 0 Å². The fourth-order valence-corrected chi connectivity index (χ4v) is 1.28. The number of aryl methyl sites for hydroxylation is 1. The Morgan fingerprint density at radius 1 is 1.15 bits per heavy atom. The molecule has 0 spiro atoms. The Balaban J connectivity index is 2.58. The van der Waals surface area contributed by atoms with E-state index in [0.717, 1.165) is 19.8 Å².